The molecule has 136 valence electrons. The number of carbonyl (C=O) groups excluding carboxylic acids is 1. The smallest absolute Gasteiger partial charge is 0.248 e. The van der Waals surface area contributed by atoms with E-state index >= 15 is 0 Å². The zero-order valence-corrected chi connectivity index (χ0v) is 15.2. The molecule has 4 nitrogen and oxygen atoms in total. The normalized spacial score (nSPS) is 12.0. The SMILES string of the molecule is O=C(/C=C/c1ccc2c(c1)CCO2)Nc1cccc(C#Cc2ccccn2)c1. The van der Waals surface area contributed by atoms with Gasteiger partial charge in [0.1, 0.15) is 11.4 Å². The molecule has 1 amide bonds. The fourth-order valence-corrected chi connectivity index (χ4v) is 2.91. The van der Waals surface area contributed by atoms with Gasteiger partial charge in [-0.25, -0.2) is 4.98 Å². The summed E-state index contributed by atoms with van der Waals surface area (Å²) in [5.74, 6) is 6.82. The van der Waals surface area contributed by atoms with E-state index in [4.69, 9.17) is 4.74 Å². The van der Waals surface area contributed by atoms with E-state index in [1.54, 1.807) is 12.3 Å². The summed E-state index contributed by atoms with van der Waals surface area (Å²) < 4.78 is 5.50. The molecule has 1 aliphatic heterocycles. The van der Waals surface area contributed by atoms with Crippen molar-refractivity contribution in [2.75, 3.05) is 11.9 Å². The number of hydrogen-bond donors (Lipinski definition) is 1. The molecule has 0 radical (unpaired) electrons. The van der Waals surface area contributed by atoms with E-state index in [9.17, 15) is 4.79 Å². The third kappa shape index (κ3) is 4.46. The molecule has 1 aromatic heterocycles. The molecule has 1 aliphatic rings. The molecule has 0 saturated heterocycles. The van der Waals surface area contributed by atoms with E-state index in [1.807, 2.05) is 54.6 Å². The van der Waals surface area contributed by atoms with Gasteiger partial charge in [0.05, 0.1) is 6.61 Å². The zero-order valence-electron chi connectivity index (χ0n) is 15.2. The Hall–Kier alpha value is -3.84. The lowest BCUT2D eigenvalue weighted by Gasteiger charge is -2.03. The summed E-state index contributed by atoms with van der Waals surface area (Å²) in [6.07, 6.45) is 5.96. The zero-order chi connectivity index (χ0) is 19.2. The molecule has 0 aliphatic carbocycles. The molecular weight excluding hydrogens is 348 g/mol. The number of pyridine rings is 1. The Bertz CT molecular complexity index is 1090. The summed E-state index contributed by atoms with van der Waals surface area (Å²) in [5, 5.41) is 2.87. The van der Waals surface area contributed by atoms with E-state index < -0.39 is 0 Å². The summed E-state index contributed by atoms with van der Waals surface area (Å²) >= 11 is 0. The molecule has 4 heteroatoms. The van der Waals surface area contributed by atoms with Crippen LogP contribution in [0.1, 0.15) is 22.4 Å². The second-order valence-electron chi connectivity index (χ2n) is 6.33. The van der Waals surface area contributed by atoms with Crippen LogP contribution in [0.15, 0.2) is 72.9 Å². The number of nitrogens with zero attached hydrogens (tertiary/aromatic N) is 1. The molecule has 4 rings (SSSR count). The molecule has 0 unspecified atom stereocenters. The summed E-state index contributed by atoms with van der Waals surface area (Å²) in [7, 11) is 0. The number of amides is 1. The standard InChI is InChI=1S/C24H18N2O2/c27-24(12-9-19-8-11-23-20(16-19)13-15-28-23)26-22-6-3-4-18(17-22)7-10-21-5-1-2-14-25-21/h1-6,8-9,11-12,14,16-17H,13,15H2,(H,26,27)/b12-9+. The summed E-state index contributed by atoms with van der Waals surface area (Å²) in [5.41, 5.74) is 4.38. The van der Waals surface area contributed by atoms with E-state index in [-0.39, 0.29) is 5.91 Å². The largest absolute Gasteiger partial charge is 0.493 e. The lowest BCUT2D eigenvalue weighted by molar-refractivity contribution is -0.111. The van der Waals surface area contributed by atoms with Crippen LogP contribution in [0.2, 0.25) is 0 Å². The predicted octanol–water partition coefficient (Wildman–Crippen LogP) is 4.07. The highest BCUT2D eigenvalue weighted by Crippen LogP contribution is 2.26. The average Bonchev–Trinajstić information content (AvgIpc) is 3.20. The Morgan fingerprint density at radius 3 is 2.93 bits per heavy atom. The third-order valence-corrected chi connectivity index (χ3v) is 4.27. The number of rotatable bonds is 3. The highest BCUT2D eigenvalue weighted by Gasteiger charge is 2.11. The first-order valence-electron chi connectivity index (χ1n) is 9.04. The van der Waals surface area contributed by atoms with E-state index in [1.165, 1.54) is 11.6 Å². The van der Waals surface area contributed by atoms with Gasteiger partial charge in [-0.3, -0.25) is 4.79 Å². The molecule has 0 fully saturated rings. The summed E-state index contributed by atoms with van der Waals surface area (Å²) in [4.78, 5) is 16.4. The number of aromatic nitrogens is 1. The van der Waals surface area contributed by atoms with Crippen molar-refractivity contribution >= 4 is 17.7 Å². The van der Waals surface area contributed by atoms with Crippen molar-refractivity contribution in [1.29, 1.82) is 0 Å². The molecule has 0 atom stereocenters. The van der Waals surface area contributed by atoms with Crippen molar-refractivity contribution in [3.05, 3.63) is 95.3 Å². The molecule has 2 aromatic carbocycles. The molecule has 1 N–H and O–H groups in total. The number of carbonyl (C=O) groups is 1. The molecule has 28 heavy (non-hydrogen) atoms. The van der Waals surface area contributed by atoms with Crippen molar-refractivity contribution in [3.63, 3.8) is 0 Å². The van der Waals surface area contributed by atoms with Gasteiger partial charge in [-0.2, -0.15) is 0 Å². The van der Waals surface area contributed by atoms with Crippen LogP contribution < -0.4 is 10.1 Å². The van der Waals surface area contributed by atoms with Crippen molar-refractivity contribution in [2.24, 2.45) is 0 Å². The van der Waals surface area contributed by atoms with Crippen molar-refractivity contribution in [3.8, 4) is 17.6 Å². The Kier molecular flexibility index (Phi) is 5.17. The predicted molar refractivity (Wildman–Crippen MR) is 110 cm³/mol. The quantitative estimate of drug-likeness (QED) is 0.562. The number of hydrogen-bond acceptors (Lipinski definition) is 3. The maximum absolute atomic E-state index is 12.2. The maximum atomic E-state index is 12.2. The number of anilines is 1. The second-order valence-corrected chi connectivity index (χ2v) is 6.33. The van der Waals surface area contributed by atoms with E-state index in [0.717, 1.165) is 29.9 Å². The van der Waals surface area contributed by atoms with Gasteiger partial charge >= 0.3 is 0 Å². The Balaban J connectivity index is 1.41. The molecular formula is C24H18N2O2. The minimum Gasteiger partial charge on any atom is -0.493 e. The molecule has 3 aromatic rings. The van der Waals surface area contributed by atoms with Gasteiger partial charge in [0.15, 0.2) is 0 Å². The van der Waals surface area contributed by atoms with Gasteiger partial charge in [0.2, 0.25) is 5.91 Å². The Labute approximate surface area is 163 Å². The van der Waals surface area contributed by atoms with Gasteiger partial charge in [0, 0.05) is 29.9 Å². The van der Waals surface area contributed by atoms with Gasteiger partial charge in [-0.15, -0.1) is 0 Å². The van der Waals surface area contributed by atoms with Crippen LogP contribution in [-0.2, 0) is 11.2 Å². The first kappa shape index (κ1) is 17.6. The fourth-order valence-electron chi connectivity index (χ4n) is 2.91. The van der Waals surface area contributed by atoms with Crippen LogP contribution in [0.25, 0.3) is 6.08 Å². The van der Waals surface area contributed by atoms with Gasteiger partial charge in [-0.05, 0) is 65.6 Å². The lowest BCUT2D eigenvalue weighted by Crippen LogP contribution is -2.07. The van der Waals surface area contributed by atoms with Crippen molar-refractivity contribution in [2.45, 2.75) is 6.42 Å². The Morgan fingerprint density at radius 1 is 1.07 bits per heavy atom. The van der Waals surface area contributed by atoms with Gasteiger partial charge in [-0.1, -0.05) is 24.1 Å². The van der Waals surface area contributed by atoms with Crippen LogP contribution in [0.3, 0.4) is 0 Å². The molecule has 0 bridgehead atoms. The number of ether oxygens (including phenoxy) is 1. The van der Waals surface area contributed by atoms with E-state index in [2.05, 4.69) is 28.2 Å². The Morgan fingerprint density at radius 2 is 2.04 bits per heavy atom. The highest BCUT2D eigenvalue weighted by atomic mass is 16.5. The summed E-state index contributed by atoms with van der Waals surface area (Å²) in [6, 6.07) is 19.0. The second kappa shape index (κ2) is 8.24. The fraction of sp³-hybridized carbons (Fsp3) is 0.0833. The summed E-state index contributed by atoms with van der Waals surface area (Å²) in [6.45, 7) is 0.725. The lowest BCUT2D eigenvalue weighted by atomic mass is 10.1. The average molecular weight is 366 g/mol. The number of fused-ring (bicyclic) bond motifs is 1. The van der Waals surface area contributed by atoms with Crippen LogP contribution in [-0.4, -0.2) is 17.5 Å². The monoisotopic (exact) mass is 366 g/mol. The molecule has 0 saturated carbocycles. The molecule has 0 spiro atoms. The van der Waals surface area contributed by atoms with E-state index in [0.29, 0.717) is 11.4 Å². The van der Waals surface area contributed by atoms with Crippen molar-refractivity contribution in [1.82, 2.24) is 4.98 Å². The van der Waals surface area contributed by atoms with Crippen molar-refractivity contribution < 1.29 is 9.53 Å². The van der Waals surface area contributed by atoms with Crippen LogP contribution in [0.4, 0.5) is 5.69 Å². The van der Waals surface area contributed by atoms with Gasteiger partial charge < -0.3 is 10.1 Å². The number of benzene rings is 2. The highest BCUT2D eigenvalue weighted by molar-refractivity contribution is 6.02. The topological polar surface area (TPSA) is 51.2 Å². The minimum absolute atomic E-state index is 0.188. The minimum atomic E-state index is -0.188. The first-order valence-corrected chi connectivity index (χ1v) is 9.04. The maximum Gasteiger partial charge on any atom is 0.248 e. The first-order chi connectivity index (χ1) is 13.8. The number of nitrogens with one attached hydrogen (secondary N) is 1. The van der Waals surface area contributed by atoms with Crippen LogP contribution >= 0.6 is 0 Å². The van der Waals surface area contributed by atoms with Crippen LogP contribution in [0, 0.1) is 11.8 Å². The molecule has 2 heterocycles. The van der Waals surface area contributed by atoms with Gasteiger partial charge in [0.25, 0.3) is 0 Å². The third-order valence-electron chi connectivity index (χ3n) is 4.27. The van der Waals surface area contributed by atoms with Crippen LogP contribution in [0.5, 0.6) is 5.75 Å².